The SMILES string of the molecule is C.O=C(N[C@@H](Cc1ccc(O)cc1)C(=O)N1CC[C@H]2OCC(=O)[C@H]21)c1csc(-c2cccnc2)n1.S.S. The number of thiazole rings is 1. The van der Waals surface area contributed by atoms with E-state index >= 15 is 0 Å². The molecule has 3 atom stereocenters. The van der Waals surface area contributed by atoms with Crippen LogP contribution in [0.2, 0.25) is 0 Å². The van der Waals surface area contributed by atoms with Crippen molar-refractivity contribution in [3.05, 3.63) is 65.4 Å². The molecule has 3 aromatic rings. The predicted molar refractivity (Wildman–Crippen MR) is 151 cm³/mol. The van der Waals surface area contributed by atoms with Gasteiger partial charge in [-0.2, -0.15) is 27.0 Å². The zero-order chi connectivity index (χ0) is 23.7. The minimum atomic E-state index is -0.910. The maximum Gasteiger partial charge on any atom is 0.271 e. The van der Waals surface area contributed by atoms with Crippen LogP contribution in [-0.2, 0) is 20.7 Å². The number of nitrogens with one attached hydrogen (secondary N) is 1. The van der Waals surface area contributed by atoms with Crippen LogP contribution in [0, 0.1) is 0 Å². The third kappa shape index (κ3) is 6.50. The molecule has 2 aliphatic heterocycles. The number of hydrogen-bond donors (Lipinski definition) is 2. The number of phenols is 1. The third-order valence-corrected chi connectivity index (χ3v) is 6.91. The maximum absolute atomic E-state index is 13.5. The summed E-state index contributed by atoms with van der Waals surface area (Å²) < 4.78 is 5.50. The molecule has 198 valence electrons. The first-order valence-corrected chi connectivity index (χ1v) is 11.8. The van der Waals surface area contributed by atoms with Crippen LogP contribution >= 0.6 is 38.3 Å². The number of benzene rings is 1. The van der Waals surface area contributed by atoms with E-state index in [9.17, 15) is 19.5 Å². The first-order chi connectivity index (χ1) is 16.5. The summed E-state index contributed by atoms with van der Waals surface area (Å²) in [6, 6.07) is 8.58. The molecular formula is C25H30N4O5S3. The van der Waals surface area contributed by atoms with Crippen molar-refractivity contribution in [1.82, 2.24) is 20.2 Å². The zero-order valence-corrected chi connectivity index (χ0v) is 21.9. The summed E-state index contributed by atoms with van der Waals surface area (Å²) in [5.74, 6) is -0.827. The number of Topliss-reactive ketones (excluding diaryl/α,β-unsaturated/α-hetero) is 1. The standard InChI is InChI=1S/C24H22N4O5S.CH4.2H2S/c29-16-5-3-14(4-6-16)10-17(24(32)28-9-7-20-21(28)19(30)12-33-20)26-22(31)18-13-34-23(27-18)15-2-1-8-25-11-15;;;/h1-6,8,11,13,17,20-21,29H,7,9-10,12H2,(H,26,31);1H4;2*1H2/t17-,20+,21+;;;/m0.../s1. The number of hydrogen-bond acceptors (Lipinski definition) is 8. The average molecular weight is 563 g/mol. The van der Waals surface area contributed by atoms with Crippen LogP contribution in [0.15, 0.2) is 54.2 Å². The number of amides is 2. The normalized spacial score (nSPS) is 18.6. The molecule has 2 aromatic heterocycles. The lowest BCUT2D eigenvalue weighted by atomic mass is 10.0. The van der Waals surface area contributed by atoms with Gasteiger partial charge in [-0.1, -0.05) is 19.6 Å². The van der Waals surface area contributed by atoms with E-state index in [1.807, 2.05) is 6.07 Å². The van der Waals surface area contributed by atoms with E-state index in [-0.39, 0.29) is 76.7 Å². The number of nitrogens with zero attached hydrogens (tertiary/aromatic N) is 3. The molecule has 2 N–H and O–H groups in total. The largest absolute Gasteiger partial charge is 0.508 e. The number of fused-ring (bicyclic) bond motifs is 1. The van der Waals surface area contributed by atoms with E-state index in [1.165, 1.54) is 28.4 Å². The molecule has 0 aliphatic carbocycles. The second kappa shape index (κ2) is 13.0. The number of ketones is 1. The van der Waals surface area contributed by atoms with E-state index < -0.39 is 18.0 Å². The number of ether oxygens (including phenoxy) is 1. The molecule has 1 aromatic carbocycles. The van der Waals surface area contributed by atoms with Crippen LogP contribution in [0.3, 0.4) is 0 Å². The summed E-state index contributed by atoms with van der Waals surface area (Å²) >= 11 is 1.31. The fourth-order valence-corrected chi connectivity index (χ4v) is 5.13. The summed E-state index contributed by atoms with van der Waals surface area (Å²) in [7, 11) is 0. The van der Waals surface area contributed by atoms with E-state index in [1.54, 1.807) is 36.0 Å². The first-order valence-electron chi connectivity index (χ1n) is 10.9. The number of phenolic OH excluding ortho intramolecular Hbond substituents is 1. The number of pyridine rings is 1. The van der Waals surface area contributed by atoms with Crippen molar-refractivity contribution in [2.24, 2.45) is 0 Å². The number of aromatic nitrogens is 2. The van der Waals surface area contributed by atoms with E-state index in [0.29, 0.717) is 18.0 Å². The van der Waals surface area contributed by atoms with Gasteiger partial charge >= 0.3 is 0 Å². The molecule has 2 aliphatic rings. The fourth-order valence-electron chi connectivity index (χ4n) is 4.34. The Morgan fingerprint density at radius 1 is 1.22 bits per heavy atom. The molecule has 2 amide bonds. The Kier molecular flexibility index (Phi) is 10.7. The Balaban J connectivity index is 0.00000160. The van der Waals surface area contributed by atoms with E-state index in [2.05, 4.69) is 15.3 Å². The second-order valence-corrected chi connectivity index (χ2v) is 9.12. The van der Waals surface area contributed by atoms with Crippen LogP contribution in [0.5, 0.6) is 5.75 Å². The van der Waals surface area contributed by atoms with Gasteiger partial charge in [0, 0.05) is 36.3 Å². The van der Waals surface area contributed by atoms with Crippen LogP contribution in [0.4, 0.5) is 0 Å². The van der Waals surface area contributed by atoms with Gasteiger partial charge in [-0.25, -0.2) is 4.98 Å². The maximum atomic E-state index is 13.5. The van der Waals surface area contributed by atoms with Crippen LogP contribution in [-0.4, -0.2) is 68.9 Å². The Bertz CT molecular complexity index is 1220. The Hall–Kier alpha value is -2.93. The summed E-state index contributed by atoms with van der Waals surface area (Å²) in [5.41, 5.74) is 1.76. The molecule has 0 bridgehead atoms. The van der Waals surface area contributed by atoms with Crippen LogP contribution in [0.1, 0.15) is 29.9 Å². The lowest BCUT2D eigenvalue weighted by molar-refractivity contribution is -0.138. The highest BCUT2D eigenvalue weighted by molar-refractivity contribution is 7.59. The summed E-state index contributed by atoms with van der Waals surface area (Å²) in [4.78, 5) is 48.9. The quantitative estimate of drug-likeness (QED) is 0.474. The number of carbonyl (C=O) groups is 3. The van der Waals surface area contributed by atoms with Crippen molar-refractivity contribution in [1.29, 1.82) is 0 Å². The lowest BCUT2D eigenvalue weighted by Crippen LogP contribution is -2.53. The summed E-state index contributed by atoms with van der Waals surface area (Å²) in [6.07, 6.45) is 3.83. The van der Waals surface area contributed by atoms with Gasteiger partial charge in [0.2, 0.25) is 5.91 Å². The average Bonchev–Trinajstić information content (AvgIpc) is 3.58. The number of aromatic hydroxyl groups is 1. The molecule has 9 nitrogen and oxygen atoms in total. The second-order valence-electron chi connectivity index (χ2n) is 8.26. The molecule has 37 heavy (non-hydrogen) atoms. The smallest absolute Gasteiger partial charge is 0.271 e. The minimum absolute atomic E-state index is 0. The molecular weight excluding hydrogens is 532 g/mol. The molecule has 0 unspecified atom stereocenters. The first kappa shape index (κ1) is 30.3. The van der Waals surface area contributed by atoms with E-state index in [4.69, 9.17) is 4.74 Å². The van der Waals surface area contributed by atoms with Gasteiger partial charge in [0.25, 0.3) is 5.91 Å². The molecule has 0 radical (unpaired) electrons. The molecule has 0 saturated carbocycles. The van der Waals surface area contributed by atoms with Gasteiger partial charge in [0.15, 0.2) is 5.78 Å². The van der Waals surface area contributed by atoms with Crippen molar-refractivity contribution in [3.8, 4) is 16.3 Å². The van der Waals surface area contributed by atoms with Gasteiger partial charge in [-0.05, 0) is 36.2 Å². The Labute approximate surface area is 233 Å². The third-order valence-electron chi connectivity index (χ3n) is 6.02. The van der Waals surface area contributed by atoms with Gasteiger partial charge in [0.05, 0.1) is 6.10 Å². The molecule has 4 heterocycles. The summed E-state index contributed by atoms with van der Waals surface area (Å²) in [5, 5.41) is 14.7. The van der Waals surface area contributed by atoms with Gasteiger partial charge in [-0.3, -0.25) is 19.4 Å². The zero-order valence-electron chi connectivity index (χ0n) is 19.1. The highest BCUT2D eigenvalue weighted by Gasteiger charge is 2.48. The van der Waals surface area contributed by atoms with Gasteiger partial charge < -0.3 is 20.1 Å². The Morgan fingerprint density at radius 2 is 1.97 bits per heavy atom. The van der Waals surface area contributed by atoms with Crippen molar-refractivity contribution < 1.29 is 24.2 Å². The van der Waals surface area contributed by atoms with Crippen molar-refractivity contribution in [3.63, 3.8) is 0 Å². The topological polar surface area (TPSA) is 122 Å². The minimum Gasteiger partial charge on any atom is -0.508 e. The molecule has 2 saturated heterocycles. The highest BCUT2D eigenvalue weighted by atomic mass is 32.1. The molecule has 2 fully saturated rings. The molecule has 0 spiro atoms. The Morgan fingerprint density at radius 3 is 2.68 bits per heavy atom. The monoisotopic (exact) mass is 562 g/mol. The van der Waals surface area contributed by atoms with Gasteiger partial charge in [0.1, 0.15) is 35.1 Å². The highest BCUT2D eigenvalue weighted by Crippen LogP contribution is 2.28. The van der Waals surface area contributed by atoms with Crippen LogP contribution in [0.25, 0.3) is 10.6 Å². The molecule has 5 rings (SSSR count). The van der Waals surface area contributed by atoms with Gasteiger partial charge in [-0.15, -0.1) is 11.3 Å². The number of likely N-dealkylation sites (tertiary alicyclic amines) is 1. The summed E-state index contributed by atoms with van der Waals surface area (Å²) in [6.45, 7) is 0.397. The van der Waals surface area contributed by atoms with E-state index in [0.717, 1.165) is 11.1 Å². The lowest BCUT2D eigenvalue weighted by Gasteiger charge is -2.27. The van der Waals surface area contributed by atoms with Crippen LogP contribution < -0.4 is 5.32 Å². The predicted octanol–water partition coefficient (Wildman–Crippen LogP) is 2.68. The van der Waals surface area contributed by atoms with Crippen molar-refractivity contribution in [2.45, 2.75) is 38.5 Å². The number of rotatable bonds is 6. The fraction of sp³-hybridized carbons (Fsp3) is 0.320. The van der Waals surface area contributed by atoms with Crippen molar-refractivity contribution in [2.75, 3.05) is 13.2 Å². The van der Waals surface area contributed by atoms with Crippen molar-refractivity contribution >= 4 is 55.9 Å². The number of carbonyl (C=O) groups excluding carboxylic acids is 3. The molecule has 12 heteroatoms.